The van der Waals surface area contributed by atoms with Gasteiger partial charge in [-0.15, -0.1) is 0 Å². The summed E-state index contributed by atoms with van der Waals surface area (Å²) in [4.78, 5) is 12.4. The number of benzene rings is 2. The molecule has 14 heteroatoms. The molecule has 1 aromatic heterocycles. The van der Waals surface area contributed by atoms with Gasteiger partial charge in [-0.3, -0.25) is 9.48 Å². The largest absolute Gasteiger partial charge is 0.446 e. The van der Waals surface area contributed by atoms with Crippen molar-refractivity contribution in [3.63, 3.8) is 0 Å². The van der Waals surface area contributed by atoms with Crippen LogP contribution in [0, 0.1) is 11.3 Å². The average Bonchev–Trinajstić information content (AvgIpc) is 3.12. The van der Waals surface area contributed by atoms with E-state index in [9.17, 15) is 36.4 Å². The lowest BCUT2D eigenvalue weighted by molar-refractivity contribution is -0.136. The molecule has 1 atom stereocenters. The van der Waals surface area contributed by atoms with Gasteiger partial charge in [0.1, 0.15) is 11.1 Å². The molecule has 0 aliphatic carbocycles. The number of alkyl halides is 6. The molecule has 0 aliphatic heterocycles. The molecule has 0 saturated heterocycles. The summed E-state index contributed by atoms with van der Waals surface area (Å²) in [6.45, 7) is 0.946. The highest BCUT2D eigenvalue weighted by atomic mass is 35.5. The van der Waals surface area contributed by atoms with Crippen LogP contribution in [-0.4, -0.2) is 26.7 Å². The number of amides is 1. The Kier molecular flexibility index (Phi) is 7.04. The number of thioether (sulfide) groups is 1. The Hall–Kier alpha value is -2.62. The minimum atomic E-state index is -4.75. The zero-order valence-corrected chi connectivity index (χ0v) is 19.2. The number of halogens is 8. The summed E-state index contributed by atoms with van der Waals surface area (Å²) in [5, 5.41) is 15.1. The molecule has 180 valence electrons. The van der Waals surface area contributed by atoms with Gasteiger partial charge in [0.15, 0.2) is 0 Å². The molecule has 5 nitrogen and oxygen atoms in total. The molecule has 1 heterocycles. The van der Waals surface area contributed by atoms with Crippen molar-refractivity contribution in [2.75, 3.05) is 0 Å². The van der Waals surface area contributed by atoms with Crippen LogP contribution in [0.4, 0.5) is 26.3 Å². The highest BCUT2D eigenvalue weighted by molar-refractivity contribution is 8.00. The van der Waals surface area contributed by atoms with Crippen molar-refractivity contribution in [2.24, 2.45) is 0 Å². The Morgan fingerprint density at radius 2 is 1.79 bits per heavy atom. The van der Waals surface area contributed by atoms with Crippen LogP contribution >= 0.6 is 35.0 Å². The first-order valence-electron chi connectivity index (χ1n) is 9.14. The zero-order chi connectivity index (χ0) is 25.5. The van der Waals surface area contributed by atoms with Gasteiger partial charge in [-0.2, -0.15) is 36.7 Å². The van der Waals surface area contributed by atoms with Gasteiger partial charge in [-0.1, -0.05) is 23.2 Å². The Morgan fingerprint density at radius 1 is 1.18 bits per heavy atom. The first-order chi connectivity index (χ1) is 15.6. The highest BCUT2D eigenvalue weighted by Crippen LogP contribution is 2.41. The van der Waals surface area contributed by atoms with Gasteiger partial charge in [0.2, 0.25) is 0 Å². The summed E-state index contributed by atoms with van der Waals surface area (Å²) < 4.78 is 78.6. The summed E-state index contributed by atoms with van der Waals surface area (Å²) in [6.07, 6.45) is -3.71. The SMILES string of the molecule is C[C@](C#N)(Cn1cc2c(C(F)(F)F)cc(Cl)c(Cl)c2n1)NC(=O)c1ccc(SC(F)(F)F)cc1. The van der Waals surface area contributed by atoms with E-state index >= 15 is 0 Å². The van der Waals surface area contributed by atoms with Crippen LogP contribution in [0.1, 0.15) is 22.8 Å². The molecule has 0 spiro atoms. The van der Waals surface area contributed by atoms with Gasteiger partial charge in [0, 0.05) is 22.0 Å². The predicted molar refractivity (Wildman–Crippen MR) is 115 cm³/mol. The molecule has 0 saturated carbocycles. The van der Waals surface area contributed by atoms with Crippen LogP contribution in [-0.2, 0) is 12.7 Å². The maximum atomic E-state index is 13.4. The van der Waals surface area contributed by atoms with Crippen LogP contribution in [0.3, 0.4) is 0 Å². The van der Waals surface area contributed by atoms with Crippen molar-refractivity contribution >= 4 is 51.8 Å². The van der Waals surface area contributed by atoms with Crippen LogP contribution in [0.2, 0.25) is 10.0 Å². The second-order valence-corrected chi connectivity index (χ2v) is 9.20. The van der Waals surface area contributed by atoms with Gasteiger partial charge < -0.3 is 5.32 Å². The van der Waals surface area contributed by atoms with Crippen LogP contribution in [0.15, 0.2) is 41.4 Å². The van der Waals surface area contributed by atoms with Crippen LogP contribution in [0.5, 0.6) is 0 Å². The smallest absolute Gasteiger partial charge is 0.332 e. The molecule has 1 N–H and O–H groups in total. The second kappa shape index (κ2) is 9.20. The van der Waals surface area contributed by atoms with E-state index in [0.29, 0.717) is 6.07 Å². The lowest BCUT2D eigenvalue weighted by atomic mass is 10.0. The monoisotopic (exact) mass is 540 g/mol. The Balaban J connectivity index is 1.86. The summed E-state index contributed by atoms with van der Waals surface area (Å²) in [5.41, 5.74) is -7.45. The lowest BCUT2D eigenvalue weighted by Crippen LogP contribution is -2.48. The van der Waals surface area contributed by atoms with E-state index in [-0.39, 0.29) is 49.7 Å². The van der Waals surface area contributed by atoms with Crippen LogP contribution < -0.4 is 5.32 Å². The van der Waals surface area contributed by atoms with Crippen molar-refractivity contribution in [1.29, 1.82) is 5.26 Å². The number of carbonyl (C=O) groups excluding carboxylic acids is 1. The van der Waals surface area contributed by atoms with Crippen molar-refractivity contribution in [1.82, 2.24) is 15.1 Å². The molecule has 34 heavy (non-hydrogen) atoms. The molecule has 0 aliphatic rings. The summed E-state index contributed by atoms with van der Waals surface area (Å²) in [6, 6.07) is 7.03. The van der Waals surface area contributed by atoms with Crippen molar-refractivity contribution in [3.8, 4) is 6.07 Å². The number of hydrogen-bond acceptors (Lipinski definition) is 4. The molecule has 3 rings (SSSR count). The highest BCUT2D eigenvalue weighted by Gasteiger charge is 2.36. The number of aromatic nitrogens is 2. The van der Waals surface area contributed by atoms with E-state index in [2.05, 4.69) is 10.4 Å². The fourth-order valence-electron chi connectivity index (χ4n) is 3.03. The zero-order valence-electron chi connectivity index (χ0n) is 16.9. The molecule has 3 aromatic rings. The average molecular weight is 541 g/mol. The number of nitriles is 1. The Labute approximate surface area is 202 Å². The summed E-state index contributed by atoms with van der Waals surface area (Å²) >= 11 is 11.5. The van der Waals surface area contributed by atoms with Crippen molar-refractivity contribution < 1.29 is 31.1 Å². The quantitative estimate of drug-likeness (QED) is 0.289. The molecule has 0 unspecified atom stereocenters. The minimum absolute atomic E-state index is 0.0205. The first kappa shape index (κ1) is 26.0. The third-order valence-electron chi connectivity index (χ3n) is 4.51. The topological polar surface area (TPSA) is 70.7 Å². The van der Waals surface area contributed by atoms with E-state index in [4.69, 9.17) is 23.2 Å². The maximum Gasteiger partial charge on any atom is 0.446 e. The van der Waals surface area contributed by atoms with E-state index in [0.717, 1.165) is 35.1 Å². The lowest BCUT2D eigenvalue weighted by Gasteiger charge is -2.23. The van der Waals surface area contributed by atoms with Crippen molar-refractivity contribution in [3.05, 3.63) is 57.7 Å². The van der Waals surface area contributed by atoms with Gasteiger partial charge in [-0.05, 0) is 49.0 Å². The number of rotatable bonds is 5. The number of nitrogens with one attached hydrogen (secondary N) is 1. The molecule has 1 amide bonds. The normalized spacial score (nSPS) is 14.0. The predicted octanol–water partition coefficient (Wildman–Crippen LogP) is 6.69. The standard InChI is InChI=1S/C20H12Cl2F6N4OS/c1-18(8-29,30-17(33)10-2-4-11(5-3-10)34-20(26,27)28)9-32-7-12-13(19(23,24)25)6-14(21)15(22)16(12)31-32/h2-7H,9H2,1H3,(H,30,33)/t18-/m0/s1. The van der Waals surface area contributed by atoms with Gasteiger partial charge in [0.25, 0.3) is 5.91 Å². The Bertz CT molecular complexity index is 1280. The van der Waals surface area contributed by atoms with Gasteiger partial charge >= 0.3 is 11.7 Å². The number of fused-ring (bicyclic) bond motifs is 1. The van der Waals surface area contributed by atoms with E-state index in [1.54, 1.807) is 0 Å². The van der Waals surface area contributed by atoms with Crippen molar-refractivity contribution in [2.45, 2.75) is 35.6 Å². The Morgan fingerprint density at radius 3 is 2.32 bits per heavy atom. The summed E-state index contributed by atoms with van der Waals surface area (Å²) in [7, 11) is 0. The molecule has 0 bridgehead atoms. The fraction of sp³-hybridized carbons (Fsp3) is 0.250. The van der Waals surface area contributed by atoms with E-state index in [1.807, 2.05) is 6.07 Å². The van der Waals surface area contributed by atoms with Gasteiger partial charge in [0.05, 0.1) is 28.2 Å². The third-order valence-corrected chi connectivity index (χ3v) is 6.03. The maximum absolute atomic E-state index is 13.4. The third kappa shape index (κ3) is 5.89. The fourth-order valence-corrected chi connectivity index (χ4v) is 3.97. The molecule has 2 aromatic carbocycles. The first-order valence-corrected chi connectivity index (χ1v) is 10.7. The molecular formula is C20H12Cl2F6N4OS. The van der Waals surface area contributed by atoms with Gasteiger partial charge in [-0.25, -0.2) is 0 Å². The molecule has 0 fully saturated rings. The summed E-state index contributed by atoms with van der Waals surface area (Å²) in [5.74, 6) is -0.777. The second-order valence-electron chi connectivity index (χ2n) is 7.28. The molecule has 0 radical (unpaired) electrons. The number of nitrogens with zero attached hydrogens (tertiary/aromatic N) is 3. The minimum Gasteiger partial charge on any atom is -0.332 e. The number of carbonyl (C=O) groups is 1. The van der Waals surface area contributed by atoms with E-state index < -0.39 is 28.7 Å². The van der Waals surface area contributed by atoms with Crippen LogP contribution in [0.25, 0.3) is 10.9 Å². The molecular weight excluding hydrogens is 529 g/mol. The van der Waals surface area contributed by atoms with E-state index in [1.165, 1.54) is 6.92 Å². The number of hydrogen-bond donors (Lipinski definition) is 1.